The zero-order valence-corrected chi connectivity index (χ0v) is 10.7. The molecule has 0 atom stereocenters. The van der Waals surface area contributed by atoms with E-state index in [-0.39, 0.29) is 5.75 Å². The summed E-state index contributed by atoms with van der Waals surface area (Å²) in [6, 6.07) is 3.64. The molecule has 0 bridgehead atoms. The van der Waals surface area contributed by atoms with Crippen molar-refractivity contribution in [2.45, 2.75) is 13.0 Å². The number of ether oxygens (including phenoxy) is 1. The van der Waals surface area contributed by atoms with Gasteiger partial charge in [0.05, 0.1) is 11.6 Å². The number of halogens is 1. The van der Waals surface area contributed by atoms with Gasteiger partial charge in [0.25, 0.3) is 0 Å². The number of aromatic hydroxyl groups is 1. The molecule has 4 heteroatoms. The lowest BCUT2D eigenvalue weighted by Gasteiger charge is -2.09. The number of hydrogen-bond acceptors (Lipinski definition) is 3. The Balaban J connectivity index is 2.67. The quantitative estimate of drug-likeness (QED) is 0.644. The van der Waals surface area contributed by atoms with Crippen molar-refractivity contribution in [2.75, 3.05) is 13.7 Å². The van der Waals surface area contributed by atoms with Gasteiger partial charge in [-0.15, -0.1) is 12.3 Å². The van der Waals surface area contributed by atoms with Crippen molar-refractivity contribution in [2.24, 2.45) is 0 Å². The third-order valence-corrected chi connectivity index (χ3v) is 2.69. The molecule has 0 unspecified atom stereocenters. The van der Waals surface area contributed by atoms with Gasteiger partial charge in [-0.3, -0.25) is 0 Å². The van der Waals surface area contributed by atoms with Crippen LogP contribution < -0.4 is 10.1 Å². The molecular formula is C12H14BrNO2. The number of hydrogen-bond donors (Lipinski definition) is 2. The third-order valence-electron chi connectivity index (χ3n) is 2.08. The van der Waals surface area contributed by atoms with Gasteiger partial charge < -0.3 is 15.2 Å². The molecule has 3 nitrogen and oxygen atoms in total. The van der Waals surface area contributed by atoms with Crippen LogP contribution in [0.2, 0.25) is 0 Å². The van der Waals surface area contributed by atoms with E-state index in [2.05, 4.69) is 27.2 Å². The molecule has 0 heterocycles. The average molecular weight is 284 g/mol. The Morgan fingerprint density at radius 2 is 2.31 bits per heavy atom. The van der Waals surface area contributed by atoms with E-state index in [0.29, 0.717) is 23.2 Å². The van der Waals surface area contributed by atoms with Crippen LogP contribution in [0.1, 0.15) is 12.0 Å². The van der Waals surface area contributed by atoms with E-state index >= 15 is 0 Å². The molecule has 0 spiro atoms. The van der Waals surface area contributed by atoms with Crippen LogP contribution in [0, 0.1) is 12.3 Å². The Morgan fingerprint density at radius 3 is 2.94 bits per heavy atom. The number of rotatable bonds is 5. The van der Waals surface area contributed by atoms with Crippen LogP contribution in [0.5, 0.6) is 11.5 Å². The molecule has 0 amide bonds. The topological polar surface area (TPSA) is 41.5 Å². The number of benzene rings is 1. The molecular weight excluding hydrogens is 270 g/mol. The minimum atomic E-state index is 0.120. The number of methoxy groups -OCH3 is 1. The largest absolute Gasteiger partial charge is 0.503 e. The van der Waals surface area contributed by atoms with Crippen molar-refractivity contribution in [3.05, 3.63) is 22.2 Å². The maximum absolute atomic E-state index is 9.61. The molecule has 0 fully saturated rings. The molecule has 86 valence electrons. The Morgan fingerprint density at radius 1 is 1.56 bits per heavy atom. The lowest BCUT2D eigenvalue weighted by Crippen LogP contribution is -2.14. The average Bonchev–Trinajstić information content (AvgIpc) is 2.29. The number of phenolic OH excluding ortho intramolecular Hbond substituents is 1. The van der Waals surface area contributed by atoms with E-state index in [1.165, 1.54) is 7.11 Å². The van der Waals surface area contributed by atoms with Crippen LogP contribution in [0.15, 0.2) is 16.6 Å². The Kier molecular flexibility index (Phi) is 5.17. The van der Waals surface area contributed by atoms with Crippen LogP contribution in [0.3, 0.4) is 0 Å². The second-order valence-corrected chi connectivity index (χ2v) is 4.11. The number of nitrogens with one attached hydrogen (secondary N) is 1. The maximum Gasteiger partial charge on any atom is 0.172 e. The molecule has 0 aliphatic rings. The summed E-state index contributed by atoms with van der Waals surface area (Å²) in [7, 11) is 1.52. The van der Waals surface area contributed by atoms with E-state index in [1.54, 1.807) is 6.07 Å². The first-order valence-electron chi connectivity index (χ1n) is 4.88. The van der Waals surface area contributed by atoms with E-state index in [1.807, 2.05) is 6.07 Å². The van der Waals surface area contributed by atoms with E-state index < -0.39 is 0 Å². The van der Waals surface area contributed by atoms with Gasteiger partial charge in [-0.05, 0) is 33.6 Å². The molecule has 0 aromatic heterocycles. The molecule has 1 aromatic rings. The van der Waals surface area contributed by atoms with Gasteiger partial charge in [0, 0.05) is 19.5 Å². The zero-order chi connectivity index (χ0) is 12.0. The summed E-state index contributed by atoms with van der Waals surface area (Å²) in [6.45, 7) is 1.47. The smallest absolute Gasteiger partial charge is 0.172 e. The van der Waals surface area contributed by atoms with Gasteiger partial charge in [0.2, 0.25) is 0 Å². The highest BCUT2D eigenvalue weighted by Gasteiger charge is 2.07. The molecule has 0 aliphatic carbocycles. The van der Waals surface area contributed by atoms with Gasteiger partial charge >= 0.3 is 0 Å². The van der Waals surface area contributed by atoms with Crippen LogP contribution in [0.25, 0.3) is 0 Å². The van der Waals surface area contributed by atoms with Gasteiger partial charge in [-0.25, -0.2) is 0 Å². The molecule has 16 heavy (non-hydrogen) atoms. The lowest BCUT2D eigenvalue weighted by molar-refractivity contribution is 0.371. The minimum Gasteiger partial charge on any atom is -0.503 e. The van der Waals surface area contributed by atoms with Gasteiger partial charge in [-0.2, -0.15) is 0 Å². The minimum absolute atomic E-state index is 0.120. The van der Waals surface area contributed by atoms with E-state index in [9.17, 15) is 5.11 Å². The fraction of sp³-hybridized carbons (Fsp3) is 0.333. The second-order valence-electron chi connectivity index (χ2n) is 3.26. The Labute approximate surface area is 104 Å². The number of phenols is 1. The molecule has 0 saturated heterocycles. The highest BCUT2D eigenvalue weighted by molar-refractivity contribution is 9.10. The van der Waals surface area contributed by atoms with Crippen molar-refractivity contribution >= 4 is 15.9 Å². The first-order chi connectivity index (χ1) is 7.69. The summed E-state index contributed by atoms with van der Waals surface area (Å²) in [5, 5.41) is 12.8. The summed E-state index contributed by atoms with van der Waals surface area (Å²) in [4.78, 5) is 0. The predicted molar refractivity (Wildman–Crippen MR) is 67.5 cm³/mol. The Hall–Kier alpha value is -1.18. The first kappa shape index (κ1) is 12.9. The summed E-state index contributed by atoms with van der Waals surface area (Å²) < 4.78 is 5.68. The van der Waals surface area contributed by atoms with Gasteiger partial charge in [0.1, 0.15) is 0 Å². The van der Waals surface area contributed by atoms with Crippen LogP contribution >= 0.6 is 15.9 Å². The summed E-state index contributed by atoms with van der Waals surface area (Å²) in [5.74, 6) is 3.14. The van der Waals surface area contributed by atoms with Crippen molar-refractivity contribution in [1.82, 2.24) is 5.32 Å². The zero-order valence-electron chi connectivity index (χ0n) is 9.09. The predicted octanol–water partition coefficient (Wildman–Crippen LogP) is 2.28. The summed E-state index contributed by atoms with van der Waals surface area (Å²) in [5.41, 5.74) is 1.03. The highest BCUT2D eigenvalue weighted by atomic mass is 79.9. The summed E-state index contributed by atoms with van der Waals surface area (Å²) >= 11 is 3.27. The molecule has 1 aromatic carbocycles. The highest BCUT2D eigenvalue weighted by Crippen LogP contribution is 2.35. The third kappa shape index (κ3) is 3.44. The molecule has 2 N–H and O–H groups in total. The molecule has 0 radical (unpaired) electrons. The molecule has 1 rings (SSSR count). The monoisotopic (exact) mass is 283 g/mol. The van der Waals surface area contributed by atoms with Crippen molar-refractivity contribution in [3.63, 3.8) is 0 Å². The van der Waals surface area contributed by atoms with Gasteiger partial charge in [-0.1, -0.05) is 0 Å². The lowest BCUT2D eigenvalue weighted by atomic mass is 10.2. The standard InChI is InChI=1S/C12H14BrNO2/c1-3-4-5-14-8-9-6-10(13)12(15)11(7-9)16-2/h1,6-7,14-15H,4-5,8H2,2H3. The fourth-order valence-corrected chi connectivity index (χ4v) is 1.77. The SMILES string of the molecule is C#CCCNCc1cc(Br)c(O)c(OC)c1. The maximum atomic E-state index is 9.61. The van der Waals surface area contributed by atoms with Crippen LogP contribution in [0.4, 0.5) is 0 Å². The molecule has 0 saturated carbocycles. The van der Waals surface area contributed by atoms with Crippen LogP contribution in [-0.4, -0.2) is 18.8 Å². The normalized spacial score (nSPS) is 9.81. The van der Waals surface area contributed by atoms with Gasteiger partial charge in [0.15, 0.2) is 11.5 Å². The van der Waals surface area contributed by atoms with Crippen molar-refractivity contribution in [1.29, 1.82) is 0 Å². The van der Waals surface area contributed by atoms with E-state index in [0.717, 1.165) is 12.1 Å². The summed E-state index contributed by atoms with van der Waals surface area (Å²) in [6.07, 6.45) is 5.85. The fourth-order valence-electron chi connectivity index (χ4n) is 1.28. The first-order valence-corrected chi connectivity index (χ1v) is 5.68. The van der Waals surface area contributed by atoms with Crippen LogP contribution in [-0.2, 0) is 6.54 Å². The Bertz CT molecular complexity index is 399. The van der Waals surface area contributed by atoms with Crippen molar-refractivity contribution < 1.29 is 9.84 Å². The number of terminal acetylenes is 1. The second kappa shape index (κ2) is 6.41. The molecule has 0 aliphatic heterocycles. The van der Waals surface area contributed by atoms with E-state index in [4.69, 9.17) is 11.2 Å². The van der Waals surface area contributed by atoms with Crippen molar-refractivity contribution in [3.8, 4) is 23.8 Å².